The fourth-order valence-electron chi connectivity index (χ4n) is 3.23. The molecule has 0 bridgehead atoms. The molecule has 152 valence electrons. The predicted molar refractivity (Wildman–Crippen MR) is 111 cm³/mol. The van der Waals surface area contributed by atoms with Crippen molar-refractivity contribution in [3.63, 3.8) is 0 Å². The summed E-state index contributed by atoms with van der Waals surface area (Å²) >= 11 is 5.80. The zero-order valence-corrected chi connectivity index (χ0v) is 16.9. The molecule has 2 aromatic rings. The highest BCUT2D eigenvalue weighted by molar-refractivity contribution is 6.30. The van der Waals surface area contributed by atoms with Gasteiger partial charge in [0.2, 0.25) is 0 Å². The molecule has 1 unspecified atom stereocenters. The lowest BCUT2D eigenvalue weighted by molar-refractivity contribution is -0.153. The van der Waals surface area contributed by atoms with E-state index in [2.05, 4.69) is 5.32 Å². The minimum Gasteiger partial charge on any atom is -0.453 e. The molecule has 0 spiro atoms. The molecule has 7 heteroatoms. The molecule has 6 nitrogen and oxygen atoms in total. The highest BCUT2D eigenvalue weighted by Gasteiger charge is 2.29. The number of hydrogen-bond donors (Lipinski definition) is 1. The Morgan fingerprint density at radius 3 is 2.62 bits per heavy atom. The molecule has 2 amide bonds. The van der Waals surface area contributed by atoms with E-state index in [4.69, 9.17) is 16.3 Å². The van der Waals surface area contributed by atoms with Crippen LogP contribution in [-0.2, 0) is 20.7 Å². The summed E-state index contributed by atoms with van der Waals surface area (Å²) in [6, 6.07) is 14.3. The number of benzene rings is 2. The Hall–Kier alpha value is -2.86. The minimum absolute atomic E-state index is 0.120. The number of carbonyl (C=O) groups is 3. The van der Waals surface area contributed by atoms with E-state index >= 15 is 0 Å². The summed E-state index contributed by atoms with van der Waals surface area (Å²) < 4.78 is 5.29. The van der Waals surface area contributed by atoms with E-state index in [1.807, 2.05) is 24.3 Å². The van der Waals surface area contributed by atoms with Crippen molar-refractivity contribution in [2.24, 2.45) is 0 Å². The van der Waals surface area contributed by atoms with Crippen LogP contribution >= 0.6 is 11.6 Å². The van der Waals surface area contributed by atoms with Gasteiger partial charge in [-0.3, -0.25) is 14.4 Å². The number of para-hydroxylation sites is 1. The number of amides is 2. The number of hydrogen-bond acceptors (Lipinski definition) is 4. The summed E-state index contributed by atoms with van der Waals surface area (Å²) in [6.07, 6.45) is 0.494. The molecule has 1 N–H and O–H groups in total. The number of esters is 1. The molecule has 29 heavy (non-hydrogen) atoms. The summed E-state index contributed by atoms with van der Waals surface area (Å²) in [5.74, 6) is -0.912. The minimum atomic E-state index is -0.850. The van der Waals surface area contributed by atoms with Gasteiger partial charge in [0.25, 0.3) is 11.8 Å². The summed E-state index contributed by atoms with van der Waals surface area (Å²) in [5, 5.41) is 3.30. The molecular weight excluding hydrogens is 392 g/mol. The Bertz CT molecular complexity index is 898. The topological polar surface area (TPSA) is 75.7 Å². The first-order chi connectivity index (χ1) is 14.0. The zero-order chi connectivity index (χ0) is 20.8. The number of halogens is 1. The largest absolute Gasteiger partial charge is 0.453 e. The summed E-state index contributed by atoms with van der Waals surface area (Å²) in [6.45, 7) is 2.51. The summed E-state index contributed by atoms with van der Waals surface area (Å²) in [5.41, 5.74) is 2.50. The van der Waals surface area contributed by atoms with Gasteiger partial charge in [0.1, 0.15) is 0 Å². The van der Waals surface area contributed by atoms with Crippen molar-refractivity contribution in [1.82, 2.24) is 5.32 Å². The first-order valence-electron chi connectivity index (χ1n) is 9.58. The fourth-order valence-corrected chi connectivity index (χ4v) is 3.36. The average molecular weight is 415 g/mol. The van der Waals surface area contributed by atoms with Crippen molar-refractivity contribution in [2.75, 3.05) is 18.0 Å². The molecule has 3 rings (SSSR count). The van der Waals surface area contributed by atoms with E-state index in [1.165, 1.54) is 0 Å². The maximum Gasteiger partial charge on any atom is 0.306 e. The number of carbonyl (C=O) groups excluding carboxylic acids is 3. The number of ether oxygens (including phenoxy) is 1. The van der Waals surface area contributed by atoms with Crippen LogP contribution in [0.3, 0.4) is 0 Å². The van der Waals surface area contributed by atoms with Gasteiger partial charge in [-0.1, -0.05) is 29.8 Å². The number of nitrogens with zero attached hydrogens (tertiary/aromatic N) is 1. The Morgan fingerprint density at radius 1 is 1.14 bits per heavy atom. The van der Waals surface area contributed by atoms with Crippen LogP contribution in [0.15, 0.2) is 48.5 Å². The molecule has 1 heterocycles. The number of fused-ring (bicyclic) bond motifs is 1. The van der Waals surface area contributed by atoms with E-state index in [1.54, 1.807) is 36.1 Å². The van der Waals surface area contributed by atoms with Crippen LogP contribution < -0.4 is 10.2 Å². The molecule has 1 aliphatic heterocycles. The lowest BCUT2D eigenvalue weighted by atomic mass is 10.2. The van der Waals surface area contributed by atoms with Gasteiger partial charge >= 0.3 is 5.97 Å². The first-order valence-corrected chi connectivity index (χ1v) is 9.96. The molecular formula is C22H23ClN2O4. The highest BCUT2D eigenvalue weighted by Crippen LogP contribution is 2.28. The van der Waals surface area contributed by atoms with Gasteiger partial charge in [-0.2, -0.15) is 0 Å². The predicted octanol–water partition coefficient (Wildman–Crippen LogP) is 3.37. The third-order valence-electron chi connectivity index (χ3n) is 4.76. The van der Waals surface area contributed by atoms with Crippen LogP contribution in [0.25, 0.3) is 0 Å². The van der Waals surface area contributed by atoms with Crippen LogP contribution in [0.4, 0.5) is 5.69 Å². The highest BCUT2D eigenvalue weighted by atomic mass is 35.5. The van der Waals surface area contributed by atoms with E-state index in [-0.39, 0.29) is 18.2 Å². The number of rotatable bonds is 7. The third kappa shape index (κ3) is 5.35. The van der Waals surface area contributed by atoms with E-state index in [0.29, 0.717) is 30.1 Å². The van der Waals surface area contributed by atoms with Gasteiger partial charge in [-0.05, 0) is 55.7 Å². The molecule has 0 aliphatic carbocycles. The quantitative estimate of drug-likeness (QED) is 0.556. The number of anilines is 1. The second-order valence-corrected chi connectivity index (χ2v) is 7.30. The summed E-state index contributed by atoms with van der Waals surface area (Å²) in [7, 11) is 0. The van der Waals surface area contributed by atoms with Crippen LogP contribution in [0.5, 0.6) is 0 Å². The van der Waals surface area contributed by atoms with Gasteiger partial charge in [0, 0.05) is 35.8 Å². The van der Waals surface area contributed by atoms with E-state index < -0.39 is 12.1 Å². The second kappa shape index (κ2) is 9.56. The Balaban J connectivity index is 1.39. The van der Waals surface area contributed by atoms with Crippen molar-refractivity contribution >= 4 is 35.1 Å². The maximum atomic E-state index is 12.6. The normalized spacial score (nSPS) is 13.5. The molecule has 2 aromatic carbocycles. The van der Waals surface area contributed by atoms with Gasteiger partial charge in [-0.25, -0.2) is 0 Å². The fraction of sp³-hybridized carbons (Fsp3) is 0.318. The Labute approximate surface area is 174 Å². The number of nitrogens with one attached hydrogen (secondary N) is 1. The molecule has 0 saturated heterocycles. The van der Waals surface area contributed by atoms with Crippen molar-refractivity contribution in [3.05, 3.63) is 64.7 Å². The molecule has 0 aromatic heterocycles. The van der Waals surface area contributed by atoms with Crippen LogP contribution in [0.2, 0.25) is 5.02 Å². The van der Waals surface area contributed by atoms with Gasteiger partial charge in [0.15, 0.2) is 6.10 Å². The van der Waals surface area contributed by atoms with E-state index in [0.717, 1.165) is 17.7 Å². The van der Waals surface area contributed by atoms with Crippen molar-refractivity contribution in [3.8, 4) is 0 Å². The molecule has 0 fully saturated rings. The van der Waals surface area contributed by atoms with Crippen LogP contribution in [0.1, 0.15) is 35.7 Å². The Morgan fingerprint density at radius 2 is 1.86 bits per heavy atom. The van der Waals surface area contributed by atoms with Gasteiger partial charge in [0.05, 0.1) is 0 Å². The summed E-state index contributed by atoms with van der Waals surface area (Å²) in [4.78, 5) is 38.3. The SMILES string of the molecule is CC(OC(=O)CCCNC(=O)c1ccc(Cl)cc1)C(=O)N1CCc2ccccc21. The third-order valence-corrected chi connectivity index (χ3v) is 5.01. The van der Waals surface area contributed by atoms with E-state index in [9.17, 15) is 14.4 Å². The molecule has 1 atom stereocenters. The van der Waals surface area contributed by atoms with Crippen molar-refractivity contribution < 1.29 is 19.1 Å². The van der Waals surface area contributed by atoms with Gasteiger partial charge in [-0.15, -0.1) is 0 Å². The van der Waals surface area contributed by atoms with Gasteiger partial charge < -0.3 is 15.0 Å². The lowest BCUT2D eigenvalue weighted by Gasteiger charge is -2.21. The molecule has 1 aliphatic rings. The molecule has 0 radical (unpaired) electrons. The zero-order valence-electron chi connectivity index (χ0n) is 16.2. The average Bonchev–Trinajstić information content (AvgIpc) is 3.15. The second-order valence-electron chi connectivity index (χ2n) is 6.87. The van der Waals surface area contributed by atoms with Crippen molar-refractivity contribution in [2.45, 2.75) is 32.3 Å². The Kier molecular flexibility index (Phi) is 6.88. The monoisotopic (exact) mass is 414 g/mol. The first kappa shape index (κ1) is 20.9. The van der Waals surface area contributed by atoms with Crippen LogP contribution in [-0.4, -0.2) is 37.0 Å². The van der Waals surface area contributed by atoms with Crippen molar-refractivity contribution in [1.29, 1.82) is 0 Å². The maximum absolute atomic E-state index is 12.6. The smallest absolute Gasteiger partial charge is 0.306 e. The van der Waals surface area contributed by atoms with Crippen LogP contribution in [0, 0.1) is 0 Å². The standard InChI is InChI=1S/C22H23ClN2O4/c1-15(22(28)25-14-12-16-5-2-3-6-19(16)25)29-20(26)7-4-13-24-21(27)17-8-10-18(23)11-9-17/h2-3,5-6,8-11,15H,4,7,12-14H2,1H3,(H,24,27). The molecule has 0 saturated carbocycles. The lowest BCUT2D eigenvalue weighted by Crippen LogP contribution is -2.39.